The van der Waals surface area contributed by atoms with E-state index in [0.717, 1.165) is 31.5 Å². The second kappa shape index (κ2) is 5.94. The maximum atomic E-state index is 12.9. The minimum Gasteiger partial charge on any atom is -0.332 e. The summed E-state index contributed by atoms with van der Waals surface area (Å²) in [4.78, 5) is 24.5. The van der Waals surface area contributed by atoms with Crippen LogP contribution in [0.4, 0.5) is 0 Å². The van der Waals surface area contributed by atoms with Gasteiger partial charge in [-0.3, -0.25) is 4.79 Å². The van der Waals surface area contributed by atoms with Crippen LogP contribution >= 0.6 is 0 Å². The van der Waals surface area contributed by atoms with Crippen LogP contribution in [0.5, 0.6) is 0 Å². The quantitative estimate of drug-likeness (QED) is 0.859. The highest BCUT2D eigenvalue weighted by Gasteiger charge is 2.43. The Hall–Kier alpha value is -2.23. The van der Waals surface area contributed by atoms with Crippen LogP contribution in [0.1, 0.15) is 66.7 Å². The molecule has 25 heavy (non-hydrogen) atoms. The number of aromatic nitrogens is 2. The number of hydrogen-bond acceptors (Lipinski definition) is 3. The molecule has 0 spiro atoms. The number of benzene rings is 1. The van der Waals surface area contributed by atoms with E-state index < -0.39 is 0 Å². The van der Waals surface area contributed by atoms with E-state index in [1.807, 2.05) is 24.4 Å². The van der Waals surface area contributed by atoms with Crippen LogP contribution in [-0.4, -0.2) is 26.8 Å². The second-order valence-corrected chi connectivity index (χ2v) is 7.64. The van der Waals surface area contributed by atoms with E-state index in [1.54, 1.807) is 0 Å². The number of rotatable bonds is 4. The Morgan fingerprint density at radius 2 is 1.96 bits per heavy atom. The zero-order valence-electron chi connectivity index (χ0n) is 14.4. The molecule has 1 aliphatic carbocycles. The van der Waals surface area contributed by atoms with Crippen LogP contribution < -0.4 is 0 Å². The maximum Gasteiger partial charge on any atom is 0.223 e. The van der Waals surface area contributed by atoms with Gasteiger partial charge >= 0.3 is 0 Å². The SMILES string of the molecule is O=C(CCc1ccccc1)N1C2CCC1c1cnc(C3CC3)nc1C2. The summed E-state index contributed by atoms with van der Waals surface area (Å²) >= 11 is 0. The number of fused-ring (bicyclic) bond motifs is 4. The minimum atomic E-state index is 0.199. The monoisotopic (exact) mass is 333 g/mol. The van der Waals surface area contributed by atoms with Crippen LogP contribution in [0.25, 0.3) is 0 Å². The number of amides is 1. The van der Waals surface area contributed by atoms with Crippen LogP contribution in [0.2, 0.25) is 0 Å². The van der Waals surface area contributed by atoms with Gasteiger partial charge in [-0.1, -0.05) is 30.3 Å². The molecular formula is C21H23N3O. The average Bonchev–Trinajstić information content (AvgIpc) is 3.44. The first-order chi connectivity index (χ1) is 12.3. The average molecular weight is 333 g/mol. The molecule has 1 saturated heterocycles. The third-order valence-corrected chi connectivity index (χ3v) is 5.91. The molecule has 2 atom stereocenters. The van der Waals surface area contributed by atoms with Crippen LogP contribution in [0, 0.1) is 0 Å². The molecule has 2 aliphatic heterocycles. The lowest BCUT2D eigenvalue weighted by atomic mass is 9.98. The zero-order valence-corrected chi connectivity index (χ0v) is 14.4. The molecular weight excluding hydrogens is 310 g/mol. The van der Waals surface area contributed by atoms with Gasteiger partial charge in [0.05, 0.1) is 11.7 Å². The standard InChI is InChI=1S/C21H23N3O/c25-20(11-6-14-4-2-1-3-5-14)24-16-9-10-19(24)17-13-22-21(15-7-8-15)23-18(17)12-16/h1-5,13,15-16,19H,6-12H2. The van der Waals surface area contributed by atoms with Crippen molar-refractivity contribution < 1.29 is 4.79 Å². The number of nitrogens with zero attached hydrogens (tertiary/aromatic N) is 3. The van der Waals surface area contributed by atoms with Crippen molar-refractivity contribution in [1.29, 1.82) is 0 Å². The van der Waals surface area contributed by atoms with Crippen molar-refractivity contribution in [3.8, 4) is 0 Å². The number of aryl methyl sites for hydroxylation is 1. The first-order valence-electron chi connectivity index (χ1n) is 9.50. The Morgan fingerprint density at radius 3 is 2.76 bits per heavy atom. The lowest BCUT2D eigenvalue weighted by Gasteiger charge is -2.36. The molecule has 5 rings (SSSR count). The molecule has 3 aliphatic rings. The number of carbonyl (C=O) groups excluding carboxylic acids is 1. The van der Waals surface area contributed by atoms with E-state index in [2.05, 4.69) is 22.0 Å². The van der Waals surface area contributed by atoms with E-state index in [-0.39, 0.29) is 11.9 Å². The first kappa shape index (κ1) is 15.1. The molecule has 128 valence electrons. The van der Waals surface area contributed by atoms with E-state index in [4.69, 9.17) is 4.98 Å². The van der Waals surface area contributed by atoms with Crippen molar-refractivity contribution in [2.24, 2.45) is 0 Å². The molecule has 1 saturated carbocycles. The number of carbonyl (C=O) groups is 1. The predicted molar refractivity (Wildman–Crippen MR) is 95.1 cm³/mol. The van der Waals surface area contributed by atoms with Crippen molar-refractivity contribution in [2.75, 3.05) is 0 Å². The summed E-state index contributed by atoms with van der Waals surface area (Å²) < 4.78 is 0. The fraction of sp³-hybridized carbons (Fsp3) is 0.476. The zero-order chi connectivity index (χ0) is 16.8. The molecule has 4 heteroatoms. The summed E-state index contributed by atoms with van der Waals surface area (Å²) in [5.74, 6) is 1.91. The molecule has 0 N–H and O–H groups in total. The smallest absolute Gasteiger partial charge is 0.223 e. The maximum absolute atomic E-state index is 12.9. The Morgan fingerprint density at radius 1 is 1.12 bits per heavy atom. The summed E-state index contributed by atoms with van der Waals surface area (Å²) in [6.45, 7) is 0. The van der Waals surface area contributed by atoms with Gasteiger partial charge in [0.2, 0.25) is 5.91 Å². The van der Waals surface area contributed by atoms with Crippen LogP contribution in [-0.2, 0) is 17.6 Å². The molecule has 2 bridgehead atoms. The van der Waals surface area contributed by atoms with Crippen molar-refractivity contribution in [1.82, 2.24) is 14.9 Å². The summed E-state index contributed by atoms with van der Waals surface area (Å²) in [6.07, 6.45) is 8.95. The third kappa shape index (κ3) is 2.74. The van der Waals surface area contributed by atoms with Gasteiger partial charge < -0.3 is 4.90 Å². The highest BCUT2D eigenvalue weighted by atomic mass is 16.2. The summed E-state index contributed by atoms with van der Waals surface area (Å²) in [5.41, 5.74) is 3.64. The fourth-order valence-corrected chi connectivity index (χ4v) is 4.44. The second-order valence-electron chi connectivity index (χ2n) is 7.64. The summed E-state index contributed by atoms with van der Waals surface area (Å²) in [6, 6.07) is 10.8. The molecule has 1 amide bonds. The van der Waals surface area contributed by atoms with Crippen molar-refractivity contribution in [2.45, 2.75) is 62.9 Å². The summed E-state index contributed by atoms with van der Waals surface area (Å²) in [5, 5.41) is 0. The van der Waals surface area contributed by atoms with Crippen LogP contribution in [0.15, 0.2) is 36.5 Å². The van der Waals surface area contributed by atoms with Gasteiger partial charge in [-0.05, 0) is 37.7 Å². The van der Waals surface area contributed by atoms with Crippen LogP contribution in [0.3, 0.4) is 0 Å². The topological polar surface area (TPSA) is 46.1 Å². The molecule has 0 radical (unpaired) electrons. The van der Waals surface area contributed by atoms with Gasteiger partial charge in [0.15, 0.2) is 0 Å². The lowest BCUT2D eigenvalue weighted by Crippen LogP contribution is -2.42. The van der Waals surface area contributed by atoms with Gasteiger partial charge in [0.25, 0.3) is 0 Å². The van der Waals surface area contributed by atoms with Gasteiger partial charge in [-0.2, -0.15) is 0 Å². The van der Waals surface area contributed by atoms with Crippen molar-refractivity contribution in [3.63, 3.8) is 0 Å². The molecule has 2 aromatic rings. The fourth-order valence-electron chi connectivity index (χ4n) is 4.44. The molecule has 4 nitrogen and oxygen atoms in total. The van der Waals surface area contributed by atoms with Gasteiger partial charge in [-0.25, -0.2) is 9.97 Å². The summed E-state index contributed by atoms with van der Waals surface area (Å²) in [7, 11) is 0. The predicted octanol–water partition coefficient (Wildman–Crippen LogP) is 3.58. The number of hydrogen-bond donors (Lipinski definition) is 0. The van der Waals surface area contributed by atoms with Gasteiger partial charge in [0.1, 0.15) is 5.82 Å². The van der Waals surface area contributed by atoms with Gasteiger partial charge in [-0.15, -0.1) is 0 Å². The molecule has 1 aromatic carbocycles. The largest absolute Gasteiger partial charge is 0.332 e. The minimum absolute atomic E-state index is 0.199. The lowest BCUT2D eigenvalue weighted by molar-refractivity contribution is -0.134. The van der Waals surface area contributed by atoms with E-state index in [1.165, 1.54) is 29.7 Å². The Kier molecular flexibility index (Phi) is 3.58. The van der Waals surface area contributed by atoms with Gasteiger partial charge in [0, 0.05) is 36.6 Å². The Balaban J connectivity index is 1.34. The first-order valence-corrected chi connectivity index (χ1v) is 9.50. The van der Waals surface area contributed by atoms with E-state index in [0.29, 0.717) is 18.4 Å². The third-order valence-electron chi connectivity index (χ3n) is 5.91. The highest BCUT2D eigenvalue weighted by Crippen LogP contribution is 2.45. The van der Waals surface area contributed by atoms with Crippen molar-refractivity contribution >= 4 is 5.91 Å². The molecule has 3 heterocycles. The normalized spacial score (nSPS) is 24.2. The van der Waals surface area contributed by atoms with E-state index >= 15 is 0 Å². The highest BCUT2D eigenvalue weighted by molar-refractivity contribution is 5.78. The molecule has 2 unspecified atom stereocenters. The van der Waals surface area contributed by atoms with Crippen molar-refractivity contribution in [3.05, 3.63) is 59.2 Å². The molecule has 1 aromatic heterocycles. The Labute approximate surface area is 148 Å². The Bertz CT molecular complexity index is 800. The molecule has 2 fully saturated rings. The van der Waals surface area contributed by atoms with E-state index in [9.17, 15) is 4.79 Å².